The first-order valence-electron chi connectivity index (χ1n) is 8.42. The van der Waals surface area contributed by atoms with E-state index in [1.165, 1.54) is 28.0 Å². The molecular weight excluding hydrogens is 464 g/mol. The predicted octanol–water partition coefficient (Wildman–Crippen LogP) is 5.45. The first-order chi connectivity index (χ1) is 14.1. The van der Waals surface area contributed by atoms with Crippen molar-refractivity contribution in [1.82, 2.24) is 15.6 Å². The summed E-state index contributed by atoms with van der Waals surface area (Å²) in [4.78, 5) is 13.1. The molecule has 0 aliphatic carbocycles. The van der Waals surface area contributed by atoms with Gasteiger partial charge < -0.3 is 0 Å². The number of benzene rings is 2. The fourth-order valence-corrected chi connectivity index (χ4v) is 5.60. The number of carbonyl (C=O) groups excluding carboxylic acids is 1. The Morgan fingerprint density at radius 1 is 1.14 bits per heavy atom. The molecule has 1 aromatic heterocycles. The lowest BCUT2D eigenvalue weighted by Crippen LogP contribution is -2.19. The van der Waals surface area contributed by atoms with Crippen LogP contribution in [0.4, 0.5) is 0 Å². The quantitative estimate of drug-likeness (QED) is 0.249. The topological polar surface area (TPSA) is 67.2 Å². The molecule has 0 saturated heterocycles. The smallest absolute Gasteiger partial charge is 0.250 e. The van der Waals surface area contributed by atoms with Crippen LogP contribution in [-0.4, -0.2) is 34.3 Å². The first kappa shape index (κ1) is 22.2. The highest BCUT2D eigenvalue weighted by Gasteiger charge is 2.09. The highest BCUT2D eigenvalue weighted by molar-refractivity contribution is 8.03. The fraction of sp³-hybridized carbons (Fsp3) is 0.158. The summed E-state index contributed by atoms with van der Waals surface area (Å²) in [6.45, 7) is 0. The summed E-state index contributed by atoms with van der Waals surface area (Å²) in [7, 11) is 0. The van der Waals surface area contributed by atoms with Gasteiger partial charge in [0.1, 0.15) is 0 Å². The van der Waals surface area contributed by atoms with Crippen LogP contribution in [0.15, 0.2) is 67.2 Å². The molecule has 1 heterocycles. The molecule has 0 unspecified atom stereocenters. The van der Waals surface area contributed by atoms with Crippen molar-refractivity contribution in [3.05, 3.63) is 64.7 Å². The molecule has 0 aliphatic rings. The van der Waals surface area contributed by atoms with Crippen molar-refractivity contribution in [2.24, 2.45) is 5.10 Å². The van der Waals surface area contributed by atoms with Crippen molar-refractivity contribution in [1.29, 1.82) is 0 Å². The third-order valence-electron chi connectivity index (χ3n) is 3.54. The van der Waals surface area contributed by atoms with Crippen LogP contribution < -0.4 is 5.43 Å². The summed E-state index contributed by atoms with van der Waals surface area (Å²) in [5, 5.41) is 13.0. The normalized spacial score (nSPS) is 11.1. The molecule has 0 bridgehead atoms. The largest absolute Gasteiger partial charge is 0.272 e. The number of hydrogen-bond donors (Lipinski definition) is 1. The number of hydrazone groups is 1. The van der Waals surface area contributed by atoms with Gasteiger partial charge in [0.15, 0.2) is 8.68 Å². The molecule has 2 aromatic carbocycles. The lowest BCUT2D eigenvalue weighted by Gasteiger charge is -2.00. The number of halogens is 1. The van der Waals surface area contributed by atoms with Crippen LogP contribution in [0.2, 0.25) is 5.02 Å². The summed E-state index contributed by atoms with van der Waals surface area (Å²) in [5.74, 6) is 0.769. The van der Waals surface area contributed by atoms with Crippen molar-refractivity contribution in [3.8, 4) is 0 Å². The average molecular weight is 481 g/mol. The van der Waals surface area contributed by atoms with Crippen LogP contribution >= 0.6 is 58.2 Å². The maximum absolute atomic E-state index is 11.9. The standard InChI is InChI=1S/C19H17ClN4OS4/c1-26-15-8-6-13(7-9-15)10-21-22-17(25)12-28-19-24-23-18(29-19)27-11-14-4-2-3-5-16(14)20/h2-10H,11-12H2,1H3,(H,22,25)/b21-10-. The van der Waals surface area contributed by atoms with Gasteiger partial charge in [-0.3, -0.25) is 4.79 Å². The Labute approximate surface area is 191 Å². The molecule has 3 rings (SSSR count). The van der Waals surface area contributed by atoms with Gasteiger partial charge in [0.2, 0.25) is 0 Å². The highest BCUT2D eigenvalue weighted by atomic mass is 35.5. The maximum atomic E-state index is 11.9. The number of rotatable bonds is 9. The Kier molecular flexibility index (Phi) is 8.88. The molecule has 5 nitrogen and oxygen atoms in total. The minimum absolute atomic E-state index is 0.188. The molecule has 0 radical (unpaired) electrons. The second-order valence-electron chi connectivity index (χ2n) is 5.57. The van der Waals surface area contributed by atoms with E-state index in [0.29, 0.717) is 0 Å². The van der Waals surface area contributed by atoms with Gasteiger partial charge >= 0.3 is 0 Å². The number of nitrogens with one attached hydrogen (secondary N) is 1. The molecule has 0 aliphatic heterocycles. The van der Waals surface area contributed by atoms with E-state index < -0.39 is 0 Å². The zero-order chi connectivity index (χ0) is 20.5. The summed E-state index contributed by atoms with van der Waals surface area (Å²) in [5.41, 5.74) is 4.52. The molecule has 1 amide bonds. The van der Waals surface area contributed by atoms with Gasteiger partial charge in [0, 0.05) is 15.7 Å². The predicted molar refractivity (Wildman–Crippen MR) is 126 cm³/mol. The summed E-state index contributed by atoms with van der Waals surface area (Å²) in [6.07, 6.45) is 3.65. The Balaban J connectivity index is 1.41. The summed E-state index contributed by atoms with van der Waals surface area (Å²) < 4.78 is 1.60. The number of thioether (sulfide) groups is 3. The number of carbonyl (C=O) groups is 1. The van der Waals surface area contributed by atoms with Crippen LogP contribution in [0.3, 0.4) is 0 Å². The Morgan fingerprint density at radius 3 is 2.59 bits per heavy atom. The molecule has 29 heavy (non-hydrogen) atoms. The Morgan fingerprint density at radius 2 is 1.86 bits per heavy atom. The Hall–Kier alpha value is -1.52. The van der Waals surface area contributed by atoms with Gasteiger partial charge in [0.05, 0.1) is 12.0 Å². The van der Waals surface area contributed by atoms with E-state index >= 15 is 0 Å². The number of nitrogens with zero attached hydrogens (tertiary/aromatic N) is 3. The minimum atomic E-state index is -0.188. The van der Waals surface area contributed by atoms with E-state index in [4.69, 9.17) is 11.6 Å². The van der Waals surface area contributed by atoms with Gasteiger partial charge in [-0.05, 0) is 35.6 Å². The lowest BCUT2D eigenvalue weighted by atomic mass is 10.2. The van der Waals surface area contributed by atoms with Crippen LogP contribution in [0.5, 0.6) is 0 Å². The monoisotopic (exact) mass is 480 g/mol. The van der Waals surface area contributed by atoms with Crippen LogP contribution in [0, 0.1) is 0 Å². The minimum Gasteiger partial charge on any atom is -0.272 e. The van der Waals surface area contributed by atoms with E-state index in [2.05, 4.69) is 20.7 Å². The second-order valence-corrected chi connectivity index (χ2v) is 10.3. The third kappa shape index (κ3) is 7.35. The maximum Gasteiger partial charge on any atom is 0.250 e. The molecule has 150 valence electrons. The molecular formula is C19H17ClN4OS4. The number of hydrogen-bond acceptors (Lipinski definition) is 8. The SMILES string of the molecule is CSc1ccc(/C=N\NC(=O)CSc2nnc(SCc3ccccc3Cl)s2)cc1. The molecule has 10 heteroatoms. The van der Waals surface area contributed by atoms with Crippen molar-refractivity contribution in [2.75, 3.05) is 12.0 Å². The average Bonchev–Trinajstić information content (AvgIpc) is 3.20. The lowest BCUT2D eigenvalue weighted by molar-refractivity contribution is -0.118. The van der Waals surface area contributed by atoms with E-state index in [9.17, 15) is 4.79 Å². The van der Waals surface area contributed by atoms with Gasteiger partial charge in [-0.1, -0.05) is 76.8 Å². The Bertz CT molecular complexity index is 978. The molecule has 0 atom stereocenters. The summed E-state index contributed by atoms with van der Waals surface area (Å²) >= 11 is 12.2. The van der Waals surface area contributed by atoms with Gasteiger partial charge in [0.25, 0.3) is 5.91 Å². The van der Waals surface area contributed by atoms with E-state index in [0.717, 1.165) is 30.6 Å². The van der Waals surface area contributed by atoms with Gasteiger partial charge in [-0.2, -0.15) is 5.10 Å². The zero-order valence-corrected chi connectivity index (χ0v) is 19.4. The summed E-state index contributed by atoms with van der Waals surface area (Å²) in [6, 6.07) is 15.7. The number of amides is 1. The fourth-order valence-electron chi connectivity index (χ4n) is 2.10. The van der Waals surface area contributed by atoms with E-state index in [-0.39, 0.29) is 11.7 Å². The highest BCUT2D eigenvalue weighted by Crippen LogP contribution is 2.32. The van der Waals surface area contributed by atoms with Gasteiger partial charge in [-0.15, -0.1) is 22.0 Å². The molecule has 3 aromatic rings. The zero-order valence-electron chi connectivity index (χ0n) is 15.4. The van der Waals surface area contributed by atoms with E-state index in [1.807, 2.05) is 54.8 Å². The second kappa shape index (κ2) is 11.6. The molecule has 0 spiro atoms. The van der Waals surface area contributed by atoms with Crippen molar-refractivity contribution < 1.29 is 4.79 Å². The molecule has 1 N–H and O–H groups in total. The van der Waals surface area contributed by atoms with Crippen LogP contribution in [0.25, 0.3) is 0 Å². The first-order valence-corrected chi connectivity index (χ1v) is 12.8. The van der Waals surface area contributed by atoms with Gasteiger partial charge in [-0.25, -0.2) is 5.43 Å². The number of aromatic nitrogens is 2. The van der Waals surface area contributed by atoms with Crippen molar-refractivity contribution in [2.45, 2.75) is 19.3 Å². The third-order valence-corrected chi connectivity index (χ3v) is 7.89. The van der Waals surface area contributed by atoms with Crippen molar-refractivity contribution in [3.63, 3.8) is 0 Å². The van der Waals surface area contributed by atoms with Crippen molar-refractivity contribution >= 4 is 70.3 Å². The molecule has 0 saturated carbocycles. The van der Waals surface area contributed by atoms with Crippen LogP contribution in [-0.2, 0) is 10.5 Å². The van der Waals surface area contributed by atoms with E-state index in [1.54, 1.807) is 29.7 Å². The molecule has 0 fully saturated rings. The van der Waals surface area contributed by atoms with Crippen LogP contribution in [0.1, 0.15) is 11.1 Å².